The molecule has 0 amide bonds. The lowest BCUT2D eigenvalue weighted by atomic mass is 10.0. The van der Waals surface area contributed by atoms with Gasteiger partial charge in [0.25, 0.3) is 0 Å². The number of benzene rings is 1. The van der Waals surface area contributed by atoms with Crippen molar-refractivity contribution in [3.05, 3.63) is 34.3 Å². The van der Waals surface area contributed by atoms with Gasteiger partial charge in [0.15, 0.2) is 5.58 Å². The third-order valence-electron chi connectivity index (χ3n) is 2.83. The van der Waals surface area contributed by atoms with E-state index in [1.54, 1.807) is 13.0 Å². The minimum absolute atomic E-state index is 0.210. The summed E-state index contributed by atoms with van der Waals surface area (Å²) in [6.45, 7) is 1.87. The van der Waals surface area contributed by atoms with Crippen LogP contribution in [0.2, 0.25) is 0 Å². The number of oxazole rings is 1. The van der Waals surface area contributed by atoms with Crippen molar-refractivity contribution in [2.24, 2.45) is 0 Å². The number of esters is 1. The molecule has 7 nitrogen and oxygen atoms in total. The molecule has 2 aromatic rings. The van der Waals surface area contributed by atoms with E-state index >= 15 is 0 Å². The van der Waals surface area contributed by atoms with Crippen LogP contribution in [0, 0.1) is 0 Å². The van der Waals surface area contributed by atoms with Gasteiger partial charge in [-0.1, -0.05) is 6.07 Å². The molecule has 7 heteroatoms. The molecule has 1 aromatic carbocycles. The zero-order chi connectivity index (χ0) is 14.7. The Morgan fingerprint density at radius 3 is 2.90 bits per heavy atom. The van der Waals surface area contributed by atoms with E-state index in [-0.39, 0.29) is 18.6 Å². The van der Waals surface area contributed by atoms with Crippen molar-refractivity contribution >= 4 is 17.1 Å². The van der Waals surface area contributed by atoms with Crippen LogP contribution >= 0.6 is 0 Å². The van der Waals surface area contributed by atoms with Gasteiger partial charge in [-0.05, 0) is 24.6 Å². The third kappa shape index (κ3) is 3.06. The SMILES string of the molecule is CCOC(=O)CC(O)C(O)c1ccc2[nH]c(=O)oc2c1. The van der Waals surface area contributed by atoms with Crippen molar-refractivity contribution in [3.8, 4) is 0 Å². The zero-order valence-corrected chi connectivity index (χ0v) is 10.8. The Balaban J connectivity index is 2.15. The van der Waals surface area contributed by atoms with Crippen molar-refractivity contribution in [3.63, 3.8) is 0 Å². The molecule has 0 fully saturated rings. The van der Waals surface area contributed by atoms with Gasteiger partial charge in [-0.15, -0.1) is 0 Å². The first-order valence-corrected chi connectivity index (χ1v) is 6.15. The summed E-state index contributed by atoms with van der Waals surface area (Å²) < 4.78 is 9.56. The van der Waals surface area contributed by atoms with Crippen molar-refractivity contribution in [2.75, 3.05) is 6.61 Å². The number of nitrogens with one attached hydrogen (secondary N) is 1. The normalized spacial score (nSPS) is 14.2. The van der Waals surface area contributed by atoms with Gasteiger partial charge in [0.1, 0.15) is 6.10 Å². The highest BCUT2D eigenvalue weighted by atomic mass is 16.5. The monoisotopic (exact) mass is 281 g/mol. The summed E-state index contributed by atoms with van der Waals surface area (Å²) in [4.78, 5) is 24.7. The van der Waals surface area contributed by atoms with Gasteiger partial charge in [0.05, 0.1) is 24.6 Å². The molecule has 0 saturated heterocycles. The molecule has 108 valence electrons. The van der Waals surface area contributed by atoms with Crippen LogP contribution in [0.5, 0.6) is 0 Å². The van der Waals surface area contributed by atoms with Crippen LogP contribution in [0.25, 0.3) is 11.1 Å². The largest absolute Gasteiger partial charge is 0.466 e. The Morgan fingerprint density at radius 2 is 2.20 bits per heavy atom. The minimum Gasteiger partial charge on any atom is -0.466 e. The summed E-state index contributed by atoms with van der Waals surface area (Å²) in [5, 5.41) is 19.8. The fourth-order valence-corrected chi connectivity index (χ4v) is 1.87. The first-order chi connectivity index (χ1) is 9.51. The number of fused-ring (bicyclic) bond motifs is 1. The molecule has 2 unspecified atom stereocenters. The van der Waals surface area contributed by atoms with E-state index in [0.29, 0.717) is 11.1 Å². The maximum absolute atomic E-state index is 11.2. The minimum atomic E-state index is -1.29. The second kappa shape index (κ2) is 5.89. The molecule has 2 atom stereocenters. The molecule has 0 bridgehead atoms. The summed E-state index contributed by atoms with van der Waals surface area (Å²) in [7, 11) is 0. The van der Waals surface area contributed by atoms with Crippen LogP contribution < -0.4 is 5.76 Å². The number of hydrogen-bond donors (Lipinski definition) is 3. The lowest BCUT2D eigenvalue weighted by molar-refractivity contribution is -0.147. The number of ether oxygens (including phenoxy) is 1. The molecule has 1 aromatic heterocycles. The highest BCUT2D eigenvalue weighted by Crippen LogP contribution is 2.22. The van der Waals surface area contributed by atoms with Crippen LogP contribution in [-0.2, 0) is 9.53 Å². The molecule has 0 spiro atoms. The number of carbonyl (C=O) groups excluding carboxylic acids is 1. The summed E-state index contributed by atoms with van der Waals surface area (Å²) in [5.41, 5.74) is 1.11. The number of hydrogen-bond acceptors (Lipinski definition) is 6. The average Bonchev–Trinajstić information content (AvgIpc) is 2.76. The third-order valence-corrected chi connectivity index (χ3v) is 2.83. The van der Waals surface area contributed by atoms with Gasteiger partial charge < -0.3 is 19.4 Å². The second-order valence-corrected chi connectivity index (χ2v) is 4.29. The predicted molar refractivity (Wildman–Crippen MR) is 69.1 cm³/mol. The summed E-state index contributed by atoms with van der Waals surface area (Å²) >= 11 is 0. The van der Waals surface area contributed by atoms with Crippen LogP contribution in [0.4, 0.5) is 0 Å². The summed E-state index contributed by atoms with van der Waals surface area (Å²) in [6, 6.07) is 4.52. The second-order valence-electron chi connectivity index (χ2n) is 4.29. The molecule has 0 saturated carbocycles. The zero-order valence-electron chi connectivity index (χ0n) is 10.8. The molecular formula is C13H15NO6. The van der Waals surface area contributed by atoms with Gasteiger partial charge in [0.2, 0.25) is 0 Å². The molecule has 0 aliphatic heterocycles. The van der Waals surface area contributed by atoms with Gasteiger partial charge in [-0.25, -0.2) is 4.79 Å². The molecule has 0 aliphatic rings. The summed E-state index contributed by atoms with van der Waals surface area (Å²) in [5.74, 6) is -1.19. The van der Waals surface area contributed by atoms with Crippen LogP contribution in [0.15, 0.2) is 27.4 Å². The first kappa shape index (κ1) is 14.3. The number of aromatic nitrogens is 1. The highest BCUT2D eigenvalue weighted by Gasteiger charge is 2.22. The molecular weight excluding hydrogens is 266 g/mol. The van der Waals surface area contributed by atoms with Gasteiger partial charge in [-0.3, -0.25) is 9.78 Å². The van der Waals surface area contributed by atoms with E-state index in [2.05, 4.69) is 4.98 Å². The Hall–Kier alpha value is -2.12. The highest BCUT2D eigenvalue weighted by molar-refractivity contribution is 5.73. The van der Waals surface area contributed by atoms with Crippen LogP contribution in [0.3, 0.4) is 0 Å². The molecule has 20 heavy (non-hydrogen) atoms. The first-order valence-electron chi connectivity index (χ1n) is 6.15. The Kier molecular flexibility index (Phi) is 4.21. The lowest BCUT2D eigenvalue weighted by Crippen LogP contribution is -2.23. The van der Waals surface area contributed by atoms with Crippen molar-refractivity contribution in [1.82, 2.24) is 4.98 Å². The van der Waals surface area contributed by atoms with E-state index in [1.165, 1.54) is 12.1 Å². The number of aliphatic hydroxyl groups excluding tert-OH is 2. The lowest BCUT2D eigenvalue weighted by Gasteiger charge is -2.17. The van der Waals surface area contributed by atoms with E-state index in [1.807, 2.05) is 0 Å². The Bertz CT molecular complexity index is 658. The topological polar surface area (TPSA) is 113 Å². The molecule has 2 rings (SSSR count). The molecule has 0 aliphatic carbocycles. The van der Waals surface area contributed by atoms with E-state index < -0.39 is 23.9 Å². The van der Waals surface area contributed by atoms with Crippen molar-refractivity contribution in [1.29, 1.82) is 0 Å². The standard InChI is InChI=1S/C13H15NO6/c1-2-19-11(16)6-9(15)12(17)7-3-4-8-10(5-7)20-13(18)14-8/h3-5,9,12,15,17H,2,6H2,1H3,(H,14,18). The van der Waals surface area contributed by atoms with E-state index in [0.717, 1.165) is 0 Å². The van der Waals surface area contributed by atoms with Crippen LogP contribution in [0.1, 0.15) is 25.0 Å². The Morgan fingerprint density at radius 1 is 1.45 bits per heavy atom. The molecule has 0 radical (unpaired) electrons. The summed E-state index contributed by atoms with van der Waals surface area (Å²) in [6.07, 6.45) is -2.88. The Labute approximate surface area is 113 Å². The number of aromatic amines is 1. The van der Waals surface area contributed by atoms with E-state index in [4.69, 9.17) is 9.15 Å². The number of H-pyrrole nitrogens is 1. The van der Waals surface area contributed by atoms with Crippen molar-refractivity contribution in [2.45, 2.75) is 25.6 Å². The van der Waals surface area contributed by atoms with Crippen LogP contribution in [-0.4, -0.2) is 33.9 Å². The number of aliphatic hydroxyl groups is 2. The fraction of sp³-hybridized carbons (Fsp3) is 0.385. The average molecular weight is 281 g/mol. The maximum Gasteiger partial charge on any atom is 0.417 e. The molecule has 1 heterocycles. The van der Waals surface area contributed by atoms with Gasteiger partial charge in [-0.2, -0.15) is 0 Å². The quantitative estimate of drug-likeness (QED) is 0.687. The van der Waals surface area contributed by atoms with E-state index in [9.17, 15) is 19.8 Å². The van der Waals surface area contributed by atoms with Gasteiger partial charge >= 0.3 is 11.7 Å². The maximum atomic E-state index is 11.2. The number of carbonyl (C=O) groups is 1. The number of rotatable bonds is 5. The van der Waals surface area contributed by atoms with Gasteiger partial charge in [0, 0.05) is 0 Å². The fourth-order valence-electron chi connectivity index (χ4n) is 1.87. The predicted octanol–water partition coefficient (Wildman–Crippen LogP) is 0.469. The van der Waals surface area contributed by atoms with Crippen molar-refractivity contribution < 1.29 is 24.2 Å². The smallest absolute Gasteiger partial charge is 0.417 e. The molecule has 3 N–H and O–H groups in total.